The summed E-state index contributed by atoms with van der Waals surface area (Å²) in [6, 6.07) is 9.35. The van der Waals surface area contributed by atoms with Gasteiger partial charge in [0.05, 0.1) is 25.3 Å². The molecule has 0 aliphatic heterocycles. The Labute approximate surface area is 144 Å². The molecule has 1 amide bonds. The van der Waals surface area contributed by atoms with Gasteiger partial charge < -0.3 is 19.8 Å². The van der Waals surface area contributed by atoms with E-state index < -0.39 is 0 Å². The van der Waals surface area contributed by atoms with Crippen LogP contribution in [0.4, 0.5) is 4.39 Å². The number of hydrogen-bond donors (Lipinski definition) is 2. The van der Waals surface area contributed by atoms with Crippen LogP contribution in [0.25, 0.3) is 11.0 Å². The highest BCUT2D eigenvalue weighted by atomic mass is 19.1. The Morgan fingerprint density at radius 3 is 2.72 bits per heavy atom. The van der Waals surface area contributed by atoms with Crippen LogP contribution in [0.1, 0.15) is 16.2 Å². The molecule has 0 aliphatic rings. The predicted molar refractivity (Wildman–Crippen MR) is 91.6 cm³/mol. The van der Waals surface area contributed by atoms with Crippen molar-refractivity contribution < 1.29 is 18.7 Å². The number of nitrogens with one attached hydrogen (secondary N) is 2. The molecule has 6 nitrogen and oxygen atoms in total. The Balaban J connectivity index is 1.62. The van der Waals surface area contributed by atoms with Gasteiger partial charge in [0.25, 0.3) is 5.91 Å². The third-order valence-corrected chi connectivity index (χ3v) is 3.79. The van der Waals surface area contributed by atoms with Gasteiger partial charge in [-0.15, -0.1) is 0 Å². The summed E-state index contributed by atoms with van der Waals surface area (Å²) in [6.07, 6.45) is 0.509. The second-order valence-electron chi connectivity index (χ2n) is 5.42. The smallest absolute Gasteiger partial charge is 0.251 e. The number of fused-ring (bicyclic) bond motifs is 1. The Morgan fingerprint density at radius 2 is 1.96 bits per heavy atom. The van der Waals surface area contributed by atoms with Crippen molar-refractivity contribution in [3.8, 4) is 11.5 Å². The Kier molecular flexibility index (Phi) is 4.83. The summed E-state index contributed by atoms with van der Waals surface area (Å²) in [5.74, 6) is 1.21. The molecule has 0 fully saturated rings. The van der Waals surface area contributed by atoms with Gasteiger partial charge in [-0.3, -0.25) is 4.79 Å². The molecule has 0 spiro atoms. The van der Waals surface area contributed by atoms with E-state index in [9.17, 15) is 9.18 Å². The molecule has 0 aliphatic carbocycles. The van der Waals surface area contributed by atoms with Gasteiger partial charge in [0.15, 0.2) is 11.5 Å². The minimum absolute atomic E-state index is 0.219. The van der Waals surface area contributed by atoms with Gasteiger partial charge in [0, 0.05) is 18.5 Å². The number of carbonyl (C=O) groups excluding carboxylic acids is 1. The normalized spacial score (nSPS) is 10.7. The monoisotopic (exact) mass is 343 g/mol. The van der Waals surface area contributed by atoms with Crippen LogP contribution in [0.3, 0.4) is 0 Å². The van der Waals surface area contributed by atoms with Crippen molar-refractivity contribution >= 4 is 16.9 Å². The van der Waals surface area contributed by atoms with E-state index in [0.717, 1.165) is 0 Å². The summed E-state index contributed by atoms with van der Waals surface area (Å²) < 4.78 is 23.5. The SMILES string of the molecule is COc1ccc(C(=O)NCCc2nc3ccc(F)cc3[nH]2)cc1OC. The molecule has 0 saturated carbocycles. The molecule has 0 atom stereocenters. The molecule has 3 rings (SSSR count). The van der Waals surface area contributed by atoms with Crippen molar-refractivity contribution in [2.45, 2.75) is 6.42 Å². The fourth-order valence-electron chi connectivity index (χ4n) is 2.53. The molecule has 0 unspecified atom stereocenters. The minimum Gasteiger partial charge on any atom is -0.493 e. The zero-order valence-corrected chi connectivity index (χ0v) is 13.9. The highest BCUT2D eigenvalue weighted by molar-refractivity contribution is 5.94. The van der Waals surface area contributed by atoms with Crippen LogP contribution in [-0.4, -0.2) is 36.6 Å². The number of ether oxygens (including phenoxy) is 2. The van der Waals surface area contributed by atoms with Crippen LogP contribution >= 0.6 is 0 Å². The average Bonchev–Trinajstić information content (AvgIpc) is 3.02. The first-order valence-electron chi connectivity index (χ1n) is 7.75. The first kappa shape index (κ1) is 16.8. The van der Waals surface area contributed by atoms with Gasteiger partial charge in [0.1, 0.15) is 11.6 Å². The predicted octanol–water partition coefficient (Wildman–Crippen LogP) is 2.69. The highest BCUT2D eigenvalue weighted by Crippen LogP contribution is 2.27. The quantitative estimate of drug-likeness (QED) is 0.721. The van der Waals surface area contributed by atoms with Crippen molar-refractivity contribution in [3.63, 3.8) is 0 Å². The third-order valence-electron chi connectivity index (χ3n) is 3.79. The van der Waals surface area contributed by atoms with Crippen LogP contribution in [0.2, 0.25) is 0 Å². The summed E-state index contributed by atoms with van der Waals surface area (Å²) in [6.45, 7) is 0.398. The number of amides is 1. The third kappa shape index (κ3) is 3.71. The van der Waals surface area contributed by atoms with E-state index in [-0.39, 0.29) is 11.7 Å². The van der Waals surface area contributed by atoms with Crippen LogP contribution < -0.4 is 14.8 Å². The van der Waals surface area contributed by atoms with Gasteiger partial charge in [-0.2, -0.15) is 0 Å². The summed E-state index contributed by atoms with van der Waals surface area (Å²) in [5, 5.41) is 2.82. The average molecular weight is 343 g/mol. The molecule has 25 heavy (non-hydrogen) atoms. The van der Waals surface area contributed by atoms with Crippen LogP contribution in [0.5, 0.6) is 11.5 Å². The molecular formula is C18H18FN3O3. The number of carbonyl (C=O) groups is 1. The van der Waals surface area contributed by atoms with Crippen LogP contribution in [0, 0.1) is 5.82 Å². The first-order valence-corrected chi connectivity index (χ1v) is 7.75. The summed E-state index contributed by atoms with van der Waals surface area (Å²) in [7, 11) is 3.06. The Morgan fingerprint density at radius 1 is 1.16 bits per heavy atom. The molecule has 1 heterocycles. The van der Waals surface area contributed by atoms with Crippen molar-refractivity contribution in [2.75, 3.05) is 20.8 Å². The molecule has 2 N–H and O–H groups in total. The molecule has 0 radical (unpaired) electrons. The topological polar surface area (TPSA) is 76.2 Å². The second kappa shape index (κ2) is 7.21. The van der Waals surface area contributed by atoms with Gasteiger partial charge in [-0.25, -0.2) is 9.37 Å². The summed E-state index contributed by atoms with van der Waals surface area (Å²) >= 11 is 0. The lowest BCUT2D eigenvalue weighted by atomic mass is 10.2. The van der Waals surface area contributed by atoms with E-state index in [1.165, 1.54) is 26.4 Å². The number of nitrogens with zero attached hydrogens (tertiary/aromatic N) is 1. The molecular weight excluding hydrogens is 325 g/mol. The fraction of sp³-hybridized carbons (Fsp3) is 0.222. The number of imidazole rings is 1. The van der Waals surface area contributed by atoms with E-state index in [1.54, 1.807) is 24.3 Å². The summed E-state index contributed by atoms with van der Waals surface area (Å²) in [4.78, 5) is 19.6. The number of aromatic amines is 1. The molecule has 1 aromatic heterocycles. The lowest BCUT2D eigenvalue weighted by Crippen LogP contribution is -2.26. The van der Waals surface area contributed by atoms with Crippen molar-refractivity contribution in [2.24, 2.45) is 0 Å². The largest absolute Gasteiger partial charge is 0.493 e. The Hall–Kier alpha value is -3.09. The first-order chi connectivity index (χ1) is 12.1. The zero-order chi connectivity index (χ0) is 17.8. The Bertz CT molecular complexity index is 908. The van der Waals surface area contributed by atoms with Gasteiger partial charge in [-0.1, -0.05) is 0 Å². The lowest BCUT2D eigenvalue weighted by Gasteiger charge is -2.09. The van der Waals surface area contributed by atoms with E-state index >= 15 is 0 Å². The van der Waals surface area contributed by atoms with Gasteiger partial charge >= 0.3 is 0 Å². The molecule has 0 bridgehead atoms. The number of methoxy groups -OCH3 is 2. The molecule has 0 saturated heterocycles. The lowest BCUT2D eigenvalue weighted by molar-refractivity contribution is 0.0953. The maximum absolute atomic E-state index is 13.2. The van der Waals surface area contributed by atoms with E-state index in [2.05, 4.69) is 15.3 Å². The fourth-order valence-corrected chi connectivity index (χ4v) is 2.53. The molecule has 2 aromatic carbocycles. The van der Waals surface area contributed by atoms with E-state index in [1.807, 2.05) is 0 Å². The van der Waals surface area contributed by atoms with Crippen molar-refractivity contribution in [3.05, 3.63) is 53.6 Å². The zero-order valence-electron chi connectivity index (χ0n) is 13.9. The minimum atomic E-state index is -0.315. The number of benzene rings is 2. The number of halogens is 1. The second-order valence-corrected chi connectivity index (χ2v) is 5.42. The number of aromatic nitrogens is 2. The van der Waals surface area contributed by atoms with Crippen molar-refractivity contribution in [1.29, 1.82) is 0 Å². The highest BCUT2D eigenvalue weighted by Gasteiger charge is 2.11. The number of rotatable bonds is 6. The maximum Gasteiger partial charge on any atom is 0.251 e. The standard InChI is InChI=1S/C18H18FN3O3/c1-24-15-6-3-11(9-16(15)25-2)18(23)20-8-7-17-21-13-5-4-12(19)10-14(13)22-17/h3-6,9-10H,7-8H2,1-2H3,(H,20,23)(H,21,22). The van der Waals surface area contributed by atoms with Gasteiger partial charge in [0.2, 0.25) is 0 Å². The maximum atomic E-state index is 13.2. The molecule has 130 valence electrons. The van der Waals surface area contributed by atoms with E-state index in [0.29, 0.717) is 46.9 Å². The van der Waals surface area contributed by atoms with Crippen molar-refractivity contribution in [1.82, 2.24) is 15.3 Å². The van der Waals surface area contributed by atoms with Crippen LogP contribution in [0.15, 0.2) is 36.4 Å². The van der Waals surface area contributed by atoms with Crippen LogP contribution in [-0.2, 0) is 6.42 Å². The number of H-pyrrole nitrogens is 1. The summed E-state index contributed by atoms with van der Waals surface area (Å²) in [5.41, 5.74) is 1.81. The molecule has 3 aromatic rings. The molecule has 7 heteroatoms. The van der Waals surface area contributed by atoms with Gasteiger partial charge in [-0.05, 0) is 36.4 Å². The van der Waals surface area contributed by atoms with E-state index in [4.69, 9.17) is 9.47 Å². The number of hydrogen-bond acceptors (Lipinski definition) is 4.